The van der Waals surface area contributed by atoms with Crippen molar-refractivity contribution in [2.24, 2.45) is 0 Å². The van der Waals surface area contributed by atoms with Gasteiger partial charge in [-0.05, 0) is 67.0 Å². The lowest BCUT2D eigenvalue weighted by molar-refractivity contribution is -0.132. The molecular formula is C23H38N4O3. The molecule has 0 spiro atoms. The largest absolute Gasteiger partial charge is 0.444 e. The van der Waals surface area contributed by atoms with E-state index in [9.17, 15) is 9.59 Å². The number of hydrogen-bond donors (Lipinski definition) is 0. The Labute approximate surface area is 181 Å². The van der Waals surface area contributed by atoms with E-state index < -0.39 is 5.60 Å². The zero-order valence-electron chi connectivity index (χ0n) is 20.1. The Morgan fingerprint density at radius 1 is 1.10 bits per heavy atom. The molecule has 1 aromatic rings. The average molecular weight is 419 g/mol. The molecule has 1 fully saturated rings. The molecule has 30 heavy (non-hydrogen) atoms. The lowest BCUT2D eigenvalue weighted by atomic mass is 10.0. The van der Waals surface area contributed by atoms with E-state index in [2.05, 4.69) is 24.8 Å². The first-order valence-electron chi connectivity index (χ1n) is 10.8. The molecule has 0 saturated carbocycles. The molecular weight excluding hydrogens is 380 g/mol. The number of piperazine rings is 1. The molecule has 2 heterocycles. The fraction of sp³-hybridized carbons (Fsp3) is 0.696. The second-order valence-electron chi connectivity index (χ2n) is 9.45. The fourth-order valence-electron chi connectivity index (χ4n) is 3.94. The van der Waals surface area contributed by atoms with E-state index in [4.69, 9.17) is 9.72 Å². The summed E-state index contributed by atoms with van der Waals surface area (Å²) < 4.78 is 5.51. The van der Waals surface area contributed by atoms with Crippen LogP contribution in [0.1, 0.15) is 71.3 Å². The van der Waals surface area contributed by atoms with Gasteiger partial charge in [0, 0.05) is 50.4 Å². The number of ether oxygens (including phenoxy) is 1. The van der Waals surface area contributed by atoms with Crippen molar-refractivity contribution in [1.82, 2.24) is 14.8 Å². The van der Waals surface area contributed by atoms with Crippen LogP contribution >= 0.6 is 0 Å². The summed E-state index contributed by atoms with van der Waals surface area (Å²) >= 11 is 0. The Kier molecular flexibility index (Phi) is 7.37. The van der Waals surface area contributed by atoms with Gasteiger partial charge in [-0.2, -0.15) is 0 Å². The molecule has 7 nitrogen and oxygen atoms in total. The minimum Gasteiger partial charge on any atom is -0.444 e. The highest BCUT2D eigenvalue weighted by Gasteiger charge is 2.30. The van der Waals surface area contributed by atoms with Gasteiger partial charge in [0.2, 0.25) is 5.91 Å². The molecule has 2 amide bonds. The van der Waals surface area contributed by atoms with Gasteiger partial charge in [-0.1, -0.05) is 0 Å². The van der Waals surface area contributed by atoms with Crippen LogP contribution in [-0.4, -0.2) is 64.6 Å². The van der Waals surface area contributed by atoms with Crippen molar-refractivity contribution in [2.45, 2.75) is 80.0 Å². The summed E-state index contributed by atoms with van der Waals surface area (Å²) in [5.41, 5.74) is 2.64. The Morgan fingerprint density at radius 2 is 1.67 bits per heavy atom. The van der Waals surface area contributed by atoms with Gasteiger partial charge < -0.3 is 19.4 Å². The van der Waals surface area contributed by atoms with E-state index in [0.717, 1.165) is 22.6 Å². The van der Waals surface area contributed by atoms with E-state index in [0.29, 0.717) is 26.2 Å². The van der Waals surface area contributed by atoms with Gasteiger partial charge in [-0.15, -0.1) is 0 Å². The van der Waals surface area contributed by atoms with Crippen LogP contribution in [0.5, 0.6) is 0 Å². The first-order valence-corrected chi connectivity index (χ1v) is 10.8. The number of carbonyl (C=O) groups excluding carboxylic acids is 2. The summed E-state index contributed by atoms with van der Waals surface area (Å²) in [6, 6.07) is 2.16. The van der Waals surface area contributed by atoms with Gasteiger partial charge in [-0.25, -0.2) is 9.78 Å². The summed E-state index contributed by atoms with van der Waals surface area (Å²) in [7, 11) is 0. The van der Waals surface area contributed by atoms with Crippen molar-refractivity contribution < 1.29 is 14.3 Å². The van der Waals surface area contributed by atoms with Crippen LogP contribution in [0.3, 0.4) is 0 Å². The van der Waals surface area contributed by atoms with Crippen LogP contribution in [0.2, 0.25) is 0 Å². The fourth-order valence-corrected chi connectivity index (χ4v) is 3.94. The molecule has 0 aliphatic carbocycles. The molecule has 7 heteroatoms. The van der Waals surface area contributed by atoms with Crippen molar-refractivity contribution in [3.05, 3.63) is 22.9 Å². The van der Waals surface area contributed by atoms with Crippen LogP contribution in [0.25, 0.3) is 0 Å². The van der Waals surface area contributed by atoms with E-state index in [1.54, 1.807) is 11.8 Å². The Balaban J connectivity index is 2.27. The first-order chi connectivity index (χ1) is 13.8. The molecule has 0 N–H and O–H groups in total. The van der Waals surface area contributed by atoms with E-state index in [1.165, 1.54) is 0 Å². The smallest absolute Gasteiger partial charge is 0.410 e. The van der Waals surface area contributed by atoms with Crippen molar-refractivity contribution in [2.75, 3.05) is 31.1 Å². The number of aryl methyl sites for hydroxylation is 2. The number of hydrogen-bond acceptors (Lipinski definition) is 5. The molecule has 1 atom stereocenters. The highest BCUT2D eigenvalue weighted by molar-refractivity contribution is 5.74. The van der Waals surface area contributed by atoms with Crippen LogP contribution in [-0.2, 0) is 9.53 Å². The van der Waals surface area contributed by atoms with Crippen molar-refractivity contribution >= 4 is 17.8 Å². The summed E-state index contributed by atoms with van der Waals surface area (Å²) in [5, 5.41) is 0. The van der Waals surface area contributed by atoms with Crippen molar-refractivity contribution in [3.8, 4) is 0 Å². The monoisotopic (exact) mass is 418 g/mol. The topological polar surface area (TPSA) is 66.0 Å². The molecule has 1 aromatic heterocycles. The van der Waals surface area contributed by atoms with Gasteiger partial charge in [-0.3, -0.25) is 4.79 Å². The summed E-state index contributed by atoms with van der Waals surface area (Å²) in [6.07, 6.45) is -0.272. The predicted molar refractivity (Wildman–Crippen MR) is 120 cm³/mol. The number of anilines is 1. The number of aromatic nitrogens is 1. The standard InChI is InChI=1S/C23H38N4O3/c1-15(2)27(19(6)28)18(5)20-14-16(3)17(4)24-21(20)25-10-12-26(13-11-25)22(29)30-23(7,8)9/h14-15,18H,10-13H2,1-9H3/t18-/m0/s1. The molecule has 2 rings (SSSR count). The Hall–Kier alpha value is -2.31. The predicted octanol–water partition coefficient (Wildman–Crippen LogP) is 4.07. The number of amides is 2. The van der Waals surface area contributed by atoms with Crippen LogP contribution in [0.15, 0.2) is 6.07 Å². The maximum absolute atomic E-state index is 12.4. The zero-order chi connectivity index (χ0) is 22.8. The van der Waals surface area contributed by atoms with Crippen molar-refractivity contribution in [3.63, 3.8) is 0 Å². The van der Waals surface area contributed by atoms with Gasteiger partial charge >= 0.3 is 6.09 Å². The van der Waals surface area contributed by atoms with Gasteiger partial charge in [0.25, 0.3) is 0 Å². The highest BCUT2D eigenvalue weighted by atomic mass is 16.6. The molecule has 0 bridgehead atoms. The molecule has 0 aromatic carbocycles. The Bertz CT molecular complexity index is 777. The first kappa shape index (κ1) is 24.0. The minimum atomic E-state index is -0.501. The normalized spacial score (nSPS) is 15.9. The third-order valence-corrected chi connectivity index (χ3v) is 5.49. The number of carbonyl (C=O) groups is 2. The highest BCUT2D eigenvalue weighted by Crippen LogP contribution is 2.32. The second kappa shape index (κ2) is 9.23. The van der Waals surface area contributed by atoms with Crippen LogP contribution in [0.4, 0.5) is 10.6 Å². The summed E-state index contributed by atoms with van der Waals surface area (Å²) in [5.74, 6) is 0.956. The summed E-state index contributed by atoms with van der Waals surface area (Å²) in [6.45, 7) is 20.0. The quantitative estimate of drug-likeness (QED) is 0.737. The van der Waals surface area contributed by atoms with Crippen molar-refractivity contribution in [1.29, 1.82) is 0 Å². The molecule has 1 saturated heterocycles. The molecule has 0 radical (unpaired) electrons. The minimum absolute atomic E-state index is 0.0522. The van der Waals surface area contributed by atoms with Crippen LogP contribution < -0.4 is 4.90 Å². The van der Waals surface area contributed by atoms with Gasteiger partial charge in [0.05, 0.1) is 6.04 Å². The lowest BCUT2D eigenvalue weighted by Gasteiger charge is -2.39. The average Bonchev–Trinajstić information content (AvgIpc) is 2.61. The van der Waals surface area contributed by atoms with Crippen LogP contribution in [0, 0.1) is 13.8 Å². The maximum Gasteiger partial charge on any atom is 0.410 e. The SMILES string of the molecule is CC(=O)N(C(C)C)[C@@H](C)c1cc(C)c(C)nc1N1CCN(C(=O)OC(C)(C)C)CC1. The zero-order valence-corrected chi connectivity index (χ0v) is 20.1. The number of nitrogens with zero attached hydrogens (tertiary/aromatic N) is 4. The van der Waals surface area contributed by atoms with E-state index in [1.807, 2.05) is 46.4 Å². The maximum atomic E-state index is 12.4. The second-order valence-corrected chi connectivity index (χ2v) is 9.45. The molecule has 1 aliphatic heterocycles. The number of pyridine rings is 1. The molecule has 168 valence electrons. The third-order valence-electron chi connectivity index (χ3n) is 5.49. The lowest BCUT2D eigenvalue weighted by Crippen LogP contribution is -2.50. The van der Waals surface area contributed by atoms with Gasteiger partial charge in [0.15, 0.2) is 0 Å². The molecule has 0 unspecified atom stereocenters. The van der Waals surface area contributed by atoms with Gasteiger partial charge in [0.1, 0.15) is 11.4 Å². The van der Waals surface area contributed by atoms with E-state index in [-0.39, 0.29) is 24.1 Å². The third kappa shape index (κ3) is 5.64. The Morgan fingerprint density at radius 3 is 2.13 bits per heavy atom. The number of rotatable bonds is 4. The summed E-state index contributed by atoms with van der Waals surface area (Å²) in [4.78, 5) is 35.5. The van der Waals surface area contributed by atoms with E-state index >= 15 is 0 Å². The molecule has 1 aliphatic rings.